The molecule has 1 aliphatic rings. The molecule has 7 heteroatoms. The molecule has 0 bridgehead atoms. The zero-order valence-electron chi connectivity index (χ0n) is 11.0. The van der Waals surface area contributed by atoms with Crippen LogP contribution >= 0.6 is 0 Å². The van der Waals surface area contributed by atoms with Gasteiger partial charge in [-0.15, -0.1) is 3.97 Å². The van der Waals surface area contributed by atoms with E-state index in [9.17, 15) is 12.8 Å². The van der Waals surface area contributed by atoms with Gasteiger partial charge in [0.15, 0.2) is 0 Å². The average Bonchev–Trinajstić information content (AvgIpc) is 2.85. The number of imidazole rings is 1. The van der Waals surface area contributed by atoms with Gasteiger partial charge in [-0.1, -0.05) is 6.07 Å². The highest BCUT2D eigenvalue weighted by Crippen LogP contribution is 2.22. The molecule has 2 heterocycles. The Hall–Kier alpha value is -1.73. The molecule has 1 aliphatic heterocycles. The summed E-state index contributed by atoms with van der Waals surface area (Å²) in [5, 5.41) is 0. The van der Waals surface area contributed by atoms with Gasteiger partial charge in [-0.3, -0.25) is 0 Å². The molecule has 0 aliphatic carbocycles. The van der Waals surface area contributed by atoms with Gasteiger partial charge in [0.05, 0.1) is 7.05 Å². The molecule has 2 aromatic rings. The van der Waals surface area contributed by atoms with Crippen LogP contribution < -0.4 is 4.57 Å². The van der Waals surface area contributed by atoms with Gasteiger partial charge in [-0.05, 0) is 29.7 Å². The van der Waals surface area contributed by atoms with Crippen LogP contribution in [-0.2, 0) is 30.2 Å². The second-order valence-electron chi connectivity index (χ2n) is 4.91. The van der Waals surface area contributed by atoms with E-state index in [0.29, 0.717) is 13.0 Å². The van der Waals surface area contributed by atoms with Crippen LogP contribution in [0.4, 0.5) is 4.39 Å². The van der Waals surface area contributed by atoms with Gasteiger partial charge in [0.2, 0.25) is 0 Å². The minimum atomic E-state index is -3.56. The van der Waals surface area contributed by atoms with E-state index in [1.165, 1.54) is 32.9 Å². The molecular formula is C13H15FN3O2S+. The Balaban J connectivity index is 1.92. The number of aromatic nitrogens is 2. The van der Waals surface area contributed by atoms with Crippen LogP contribution in [0.1, 0.15) is 11.1 Å². The minimum absolute atomic E-state index is 0.278. The van der Waals surface area contributed by atoms with Crippen molar-refractivity contribution in [1.29, 1.82) is 0 Å². The van der Waals surface area contributed by atoms with E-state index < -0.39 is 10.2 Å². The Morgan fingerprint density at radius 3 is 2.80 bits per heavy atom. The Morgan fingerprint density at radius 2 is 2.10 bits per heavy atom. The van der Waals surface area contributed by atoms with Gasteiger partial charge < -0.3 is 0 Å². The Kier molecular flexibility index (Phi) is 3.10. The molecule has 0 saturated heterocycles. The second kappa shape index (κ2) is 4.68. The fourth-order valence-corrected chi connectivity index (χ4v) is 3.76. The molecule has 0 amide bonds. The summed E-state index contributed by atoms with van der Waals surface area (Å²) in [6.45, 7) is 0.639. The maximum absolute atomic E-state index is 13.2. The van der Waals surface area contributed by atoms with Crippen molar-refractivity contribution < 1.29 is 17.4 Å². The molecule has 0 spiro atoms. The summed E-state index contributed by atoms with van der Waals surface area (Å²) in [6.07, 6.45) is 5.22. The number of aryl methyl sites for hydroxylation is 1. The van der Waals surface area contributed by atoms with Gasteiger partial charge in [0.1, 0.15) is 18.2 Å². The highest BCUT2D eigenvalue weighted by Gasteiger charge is 2.31. The van der Waals surface area contributed by atoms with Crippen molar-refractivity contribution in [3.63, 3.8) is 0 Å². The van der Waals surface area contributed by atoms with E-state index >= 15 is 0 Å². The first-order chi connectivity index (χ1) is 9.46. The van der Waals surface area contributed by atoms with E-state index in [-0.39, 0.29) is 12.4 Å². The molecule has 0 fully saturated rings. The Bertz CT molecular complexity index is 755. The van der Waals surface area contributed by atoms with Crippen LogP contribution in [-0.4, -0.2) is 23.2 Å². The minimum Gasteiger partial charge on any atom is -0.238 e. The number of halogens is 1. The molecule has 0 unspecified atom stereocenters. The molecule has 0 saturated carbocycles. The third kappa shape index (κ3) is 2.23. The number of hydrogen-bond donors (Lipinski definition) is 0. The first-order valence-electron chi connectivity index (χ1n) is 6.28. The van der Waals surface area contributed by atoms with E-state index in [1.807, 2.05) is 0 Å². The maximum Gasteiger partial charge on any atom is 0.380 e. The number of fused-ring (bicyclic) bond motifs is 1. The predicted octanol–water partition coefficient (Wildman–Crippen LogP) is 0.603. The van der Waals surface area contributed by atoms with Crippen molar-refractivity contribution >= 4 is 10.2 Å². The molecule has 0 atom stereocenters. The largest absolute Gasteiger partial charge is 0.380 e. The lowest BCUT2D eigenvalue weighted by Crippen LogP contribution is -2.39. The molecule has 3 rings (SSSR count). The normalized spacial score (nSPS) is 16.1. The van der Waals surface area contributed by atoms with Gasteiger partial charge in [0.25, 0.3) is 6.33 Å². The number of rotatable bonds is 2. The van der Waals surface area contributed by atoms with Crippen molar-refractivity contribution in [3.8, 4) is 0 Å². The quantitative estimate of drug-likeness (QED) is 0.762. The SMILES string of the molecule is C[n+]1ccn(S(=O)(=O)N2CCc3cc(F)ccc3C2)c1. The zero-order valence-corrected chi connectivity index (χ0v) is 11.8. The van der Waals surface area contributed by atoms with Gasteiger partial charge in [-0.2, -0.15) is 12.7 Å². The standard InChI is InChI=1S/C13H15FN3O2S/c1-15-6-7-17(10-15)20(18,19)16-5-4-11-8-13(14)3-2-12(11)9-16/h2-3,6-8,10H,4-5,9H2,1H3/q+1. The fraction of sp³-hybridized carbons (Fsp3) is 0.308. The van der Waals surface area contributed by atoms with Crippen molar-refractivity contribution in [2.75, 3.05) is 6.54 Å². The molecular weight excluding hydrogens is 281 g/mol. The lowest BCUT2D eigenvalue weighted by Gasteiger charge is -2.25. The highest BCUT2D eigenvalue weighted by molar-refractivity contribution is 7.87. The summed E-state index contributed by atoms with van der Waals surface area (Å²) in [4.78, 5) is 0. The van der Waals surface area contributed by atoms with E-state index in [2.05, 4.69) is 0 Å². The lowest BCUT2D eigenvalue weighted by atomic mass is 10.0. The second-order valence-corrected chi connectivity index (χ2v) is 6.75. The maximum atomic E-state index is 13.2. The molecule has 5 nitrogen and oxygen atoms in total. The molecule has 0 radical (unpaired) electrons. The van der Waals surface area contributed by atoms with Crippen molar-refractivity contribution in [1.82, 2.24) is 8.28 Å². The van der Waals surface area contributed by atoms with Crippen LogP contribution in [0.5, 0.6) is 0 Å². The summed E-state index contributed by atoms with van der Waals surface area (Å²) < 4.78 is 42.4. The fourth-order valence-electron chi connectivity index (χ4n) is 2.39. The van der Waals surface area contributed by atoms with Crippen LogP contribution in [0.3, 0.4) is 0 Å². The van der Waals surface area contributed by atoms with Crippen LogP contribution in [0.2, 0.25) is 0 Å². The monoisotopic (exact) mass is 296 g/mol. The van der Waals surface area contributed by atoms with Crippen LogP contribution in [0.15, 0.2) is 36.9 Å². The van der Waals surface area contributed by atoms with E-state index in [4.69, 9.17) is 0 Å². The molecule has 20 heavy (non-hydrogen) atoms. The van der Waals surface area contributed by atoms with Crippen LogP contribution in [0, 0.1) is 5.82 Å². The number of nitrogens with zero attached hydrogens (tertiary/aromatic N) is 3. The van der Waals surface area contributed by atoms with Gasteiger partial charge >= 0.3 is 10.2 Å². The number of hydrogen-bond acceptors (Lipinski definition) is 2. The number of benzene rings is 1. The van der Waals surface area contributed by atoms with Crippen LogP contribution in [0.25, 0.3) is 0 Å². The van der Waals surface area contributed by atoms with Gasteiger partial charge in [0, 0.05) is 13.1 Å². The third-order valence-corrected chi connectivity index (χ3v) is 5.20. The van der Waals surface area contributed by atoms with Crippen molar-refractivity contribution in [2.45, 2.75) is 13.0 Å². The van der Waals surface area contributed by atoms with E-state index in [1.54, 1.807) is 23.9 Å². The predicted molar refractivity (Wildman–Crippen MR) is 70.4 cm³/mol. The summed E-state index contributed by atoms with van der Waals surface area (Å²) in [7, 11) is -1.79. The first kappa shape index (κ1) is 13.3. The summed E-state index contributed by atoms with van der Waals surface area (Å²) >= 11 is 0. The lowest BCUT2D eigenvalue weighted by molar-refractivity contribution is -0.670. The molecule has 1 aromatic carbocycles. The summed E-state index contributed by atoms with van der Waals surface area (Å²) in [6, 6.07) is 4.50. The molecule has 1 aromatic heterocycles. The third-order valence-electron chi connectivity index (χ3n) is 3.48. The first-order valence-corrected chi connectivity index (χ1v) is 7.68. The van der Waals surface area contributed by atoms with Crippen molar-refractivity contribution in [2.24, 2.45) is 7.05 Å². The topological polar surface area (TPSA) is 46.2 Å². The van der Waals surface area contributed by atoms with E-state index in [0.717, 1.165) is 11.1 Å². The molecule has 106 valence electrons. The molecule has 0 N–H and O–H groups in total. The zero-order chi connectivity index (χ0) is 14.3. The Labute approximate surface area is 117 Å². The Morgan fingerprint density at radius 1 is 1.30 bits per heavy atom. The highest BCUT2D eigenvalue weighted by atomic mass is 32.2. The summed E-state index contributed by atoms with van der Waals surface area (Å²) in [5.41, 5.74) is 1.74. The average molecular weight is 296 g/mol. The van der Waals surface area contributed by atoms with Crippen molar-refractivity contribution in [3.05, 3.63) is 53.9 Å². The smallest absolute Gasteiger partial charge is 0.238 e. The van der Waals surface area contributed by atoms with Gasteiger partial charge in [-0.25, -0.2) is 8.96 Å². The summed E-state index contributed by atoms with van der Waals surface area (Å²) in [5.74, 6) is -0.280.